The molecule has 6 atom stereocenters. The summed E-state index contributed by atoms with van der Waals surface area (Å²) >= 11 is 0. The third-order valence-corrected chi connectivity index (χ3v) is 9.16. The van der Waals surface area contributed by atoms with Crippen LogP contribution in [0.15, 0.2) is 20.9 Å². The van der Waals surface area contributed by atoms with Gasteiger partial charge >= 0.3 is 29.2 Å². The minimum atomic E-state index is -5.67. The molecule has 178 valence electrons. The molecule has 0 aliphatic heterocycles. The minimum Gasteiger partial charge on any atom is -0.302 e. The summed E-state index contributed by atoms with van der Waals surface area (Å²) in [7, 11) is -16.6. The lowest BCUT2D eigenvalue weighted by molar-refractivity contribution is 0.139. The van der Waals surface area contributed by atoms with Crippen molar-refractivity contribution in [2.75, 3.05) is 6.61 Å². The lowest BCUT2D eigenvalue weighted by Gasteiger charge is -2.21. The minimum absolute atomic E-state index is 0.139. The number of aryl methyl sites for hydroxylation is 1. The van der Waals surface area contributed by atoms with Crippen LogP contribution < -0.4 is 11.2 Å². The number of fused-ring (bicyclic) bond motifs is 1. The molecule has 20 heteroatoms. The van der Waals surface area contributed by atoms with Crippen molar-refractivity contribution in [1.82, 2.24) is 9.55 Å². The number of H-pyrrole nitrogens is 1. The van der Waals surface area contributed by atoms with Gasteiger partial charge in [0.05, 0.1) is 6.61 Å². The quantitative estimate of drug-likeness (QED) is 0.132. The smallest absolute Gasteiger partial charge is 0.302 e. The van der Waals surface area contributed by atoms with E-state index in [1.165, 1.54) is 17.7 Å². The van der Waals surface area contributed by atoms with Gasteiger partial charge in [0.1, 0.15) is 0 Å². The summed E-state index contributed by atoms with van der Waals surface area (Å²) in [5.41, 5.74) is 6.85. The highest BCUT2D eigenvalue weighted by molar-refractivity contribution is 7.66. The Morgan fingerprint density at radius 1 is 1.25 bits per heavy atom. The van der Waals surface area contributed by atoms with Gasteiger partial charge in [0.2, 0.25) is 0 Å². The Bertz CT molecular complexity index is 1230. The maximum absolute atomic E-state index is 12.2. The SMILES string of the molecule is Cc1cn([C@H]2C[C@H](N=[N+]=[N-])[C@@]3(COP(=O)(O)OP(=O)(O)OP(=O)(O)O)CC23)c(=O)[nH]c1=O. The van der Waals surface area contributed by atoms with Crippen LogP contribution in [0.3, 0.4) is 0 Å². The topological polar surface area (TPSA) is 263 Å². The first kappa shape index (κ1) is 25.0. The number of aromatic amines is 1. The summed E-state index contributed by atoms with van der Waals surface area (Å²) in [5.74, 6) is -0.381. The maximum atomic E-state index is 12.2. The Kier molecular flexibility index (Phi) is 6.50. The number of hydrogen-bond acceptors (Lipinski definition) is 9. The number of rotatable bonds is 9. The number of phosphoric acid groups is 3. The Hall–Kier alpha value is -1.60. The number of nitrogens with one attached hydrogen (secondary N) is 1. The zero-order valence-electron chi connectivity index (χ0n) is 16.1. The fourth-order valence-corrected chi connectivity index (χ4v) is 7.11. The summed E-state index contributed by atoms with van der Waals surface area (Å²) in [6, 6.07) is -1.34. The van der Waals surface area contributed by atoms with Crippen LogP contribution in [0.2, 0.25) is 0 Å². The largest absolute Gasteiger partial charge is 0.490 e. The summed E-state index contributed by atoms with van der Waals surface area (Å²) < 4.78 is 47.5. The van der Waals surface area contributed by atoms with E-state index in [1.54, 1.807) is 0 Å². The molecule has 0 saturated heterocycles. The maximum Gasteiger partial charge on any atom is 0.490 e. The Labute approximate surface area is 178 Å². The highest BCUT2D eigenvalue weighted by atomic mass is 31.3. The molecular weight excluding hydrogens is 499 g/mol. The first-order valence-corrected chi connectivity index (χ1v) is 13.3. The van der Waals surface area contributed by atoms with Crippen molar-refractivity contribution in [1.29, 1.82) is 0 Å². The predicted molar refractivity (Wildman–Crippen MR) is 103 cm³/mol. The van der Waals surface area contributed by atoms with Crippen LogP contribution in [0.1, 0.15) is 24.4 Å². The lowest BCUT2D eigenvalue weighted by Crippen LogP contribution is -2.33. The average Bonchev–Trinajstić information content (AvgIpc) is 3.26. The molecule has 2 aliphatic rings. The van der Waals surface area contributed by atoms with Crippen LogP contribution in [-0.4, -0.2) is 41.8 Å². The van der Waals surface area contributed by atoms with Gasteiger partial charge in [-0.05, 0) is 31.2 Å². The molecule has 0 radical (unpaired) electrons. The van der Waals surface area contributed by atoms with Gasteiger partial charge in [0, 0.05) is 34.2 Å². The van der Waals surface area contributed by atoms with E-state index in [0.717, 1.165) is 0 Å². The number of nitrogens with zero attached hydrogens (tertiary/aromatic N) is 4. The van der Waals surface area contributed by atoms with E-state index in [-0.39, 0.29) is 24.3 Å². The van der Waals surface area contributed by atoms with Crippen LogP contribution in [0.25, 0.3) is 10.4 Å². The van der Waals surface area contributed by atoms with E-state index in [1.807, 2.05) is 0 Å². The number of azide groups is 1. The van der Waals surface area contributed by atoms with E-state index in [4.69, 9.17) is 19.8 Å². The normalized spacial score (nSPS) is 30.6. The number of phosphoric ester groups is 1. The Morgan fingerprint density at radius 2 is 1.91 bits per heavy atom. The summed E-state index contributed by atoms with van der Waals surface area (Å²) in [6.45, 7) is 0.878. The molecule has 0 bridgehead atoms. The molecule has 0 spiro atoms. The molecular formula is C12H18N5O12P3. The van der Waals surface area contributed by atoms with Crippen LogP contribution >= 0.6 is 23.5 Å². The first-order valence-electron chi connectivity index (χ1n) is 8.74. The van der Waals surface area contributed by atoms with Crippen molar-refractivity contribution in [2.45, 2.75) is 31.8 Å². The van der Waals surface area contributed by atoms with E-state index in [9.17, 15) is 33.1 Å². The summed E-state index contributed by atoms with van der Waals surface area (Å²) in [6.07, 6.45) is 1.76. The number of hydrogen-bond donors (Lipinski definition) is 5. The highest BCUT2D eigenvalue weighted by Crippen LogP contribution is 2.71. The first-order chi connectivity index (χ1) is 14.6. The van der Waals surface area contributed by atoms with Gasteiger partial charge in [-0.25, -0.2) is 18.5 Å². The van der Waals surface area contributed by atoms with Crippen molar-refractivity contribution >= 4 is 23.5 Å². The molecule has 0 amide bonds. The van der Waals surface area contributed by atoms with Gasteiger partial charge in [0.25, 0.3) is 5.56 Å². The molecule has 3 unspecified atom stereocenters. The van der Waals surface area contributed by atoms with E-state index in [2.05, 4.69) is 23.6 Å². The third-order valence-electron chi connectivity index (χ3n) is 5.38. The van der Waals surface area contributed by atoms with Crippen molar-refractivity contribution in [3.05, 3.63) is 43.0 Å². The second-order valence-corrected chi connectivity index (χ2v) is 11.8. The van der Waals surface area contributed by atoms with Crippen molar-refractivity contribution in [2.24, 2.45) is 16.4 Å². The van der Waals surface area contributed by atoms with Gasteiger partial charge < -0.3 is 19.6 Å². The summed E-state index contributed by atoms with van der Waals surface area (Å²) in [4.78, 5) is 64.8. The second-order valence-electron chi connectivity index (χ2n) is 7.41. The van der Waals surface area contributed by atoms with Gasteiger partial charge in [-0.2, -0.15) is 8.62 Å². The molecule has 1 aromatic heterocycles. The molecule has 1 aromatic rings. The zero-order chi connectivity index (χ0) is 24.1. The van der Waals surface area contributed by atoms with Crippen LogP contribution in [0.4, 0.5) is 0 Å². The highest BCUT2D eigenvalue weighted by Gasteiger charge is 2.68. The van der Waals surface area contributed by atoms with E-state index in [0.29, 0.717) is 0 Å². The Morgan fingerprint density at radius 3 is 2.50 bits per heavy atom. The standard InChI is InChI=1S/C12H18N5O12P3/c1-6-4-17(11(19)14-10(6)18)8-2-9(15-16-13)12(3-7(8)12)5-27-31(23,24)29-32(25,26)28-30(20,21)22/h4,7-9H,2-3,5H2,1H3,(H,23,24)(H,25,26)(H,14,18,19)(H2,20,21,22)/t7?,8-,9-,12+/m0/s1. The van der Waals surface area contributed by atoms with Gasteiger partial charge in [-0.1, -0.05) is 5.11 Å². The molecule has 3 rings (SSSR count). The van der Waals surface area contributed by atoms with Gasteiger partial charge in [-0.3, -0.25) is 18.9 Å². The molecule has 2 fully saturated rings. The van der Waals surface area contributed by atoms with Crippen molar-refractivity contribution in [3.8, 4) is 0 Å². The van der Waals surface area contributed by atoms with Gasteiger partial charge in [-0.15, -0.1) is 0 Å². The van der Waals surface area contributed by atoms with Gasteiger partial charge in [0.15, 0.2) is 0 Å². The van der Waals surface area contributed by atoms with Crippen molar-refractivity contribution in [3.63, 3.8) is 0 Å². The molecule has 2 aliphatic carbocycles. The number of aromatic nitrogens is 2. The molecule has 0 aromatic carbocycles. The fraction of sp³-hybridized carbons (Fsp3) is 0.667. The monoisotopic (exact) mass is 517 g/mol. The second kappa shape index (κ2) is 8.32. The van der Waals surface area contributed by atoms with Crippen LogP contribution in [0.5, 0.6) is 0 Å². The molecule has 1 heterocycles. The summed E-state index contributed by atoms with van der Waals surface area (Å²) in [5, 5.41) is 3.66. The lowest BCUT2D eigenvalue weighted by atomic mass is 10.00. The fourth-order valence-electron chi connectivity index (χ4n) is 4.01. The van der Waals surface area contributed by atoms with E-state index < -0.39 is 58.8 Å². The predicted octanol–water partition coefficient (Wildman–Crippen LogP) is 0.818. The molecule has 17 nitrogen and oxygen atoms in total. The van der Waals surface area contributed by atoms with Crippen molar-refractivity contribution < 1.29 is 46.4 Å². The zero-order valence-corrected chi connectivity index (χ0v) is 18.8. The van der Waals surface area contributed by atoms with E-state index >= 15 is 0 Å². The average molecular weight is 517 g/mol. The molecule has 2 saturated carbocycles. The van der Waals surface area contributed by atoms with Crippen LogP contribution in [-0.2, 0) is 26.8 Å². The van der Waals surface area contributed by atoms with Crippen LogP contribution in [0, 0.1) is 18.3 Å². The third kappa shape index (κ3) is 5.30. The molecule has 32 heavy (non-hydrogen) atoms. The Balaban J connectivity index is 1.79. The molecule has 5 N–H and O–H groups in total.